The number of rotatable bonds is 7. The Morgan fingerprint density at radius 3 is 2.93 bits per heavy atom. The molecule has 3 heterocycles. The molecule has 2 aromatic heterocycles. The van der Waals surface area contributed by atoms with Gasteiger partial charge >= 0.3 is 0 Å². The molecular weight excluding hydrogens is 378 g/mol. The number of carbonyl (C=O) groups is 1. The number of nitrogens with one attached hydrogen (secondary N) is 1. The number of amides is 1. The van der Waals surface area contributed by atoms with E-state index < -0.39 is 0 Å². The predicted octanol–water partition coefficient (Wildman–Crippen LogP) is 2.47. The number of thiazole rings is 1. The van der Waals surface area contributed by atoms with Gasteiger partial charge < -0.3 is 14.6 Å². The lowest BCUT2D eigenvalue weighted by atomic mass is 10.0. The van der Waals surface area contributed by atoms with Crippen LogP contribution in [0, 0.1) is 6.92 Å². The molecule has 1 fully saturated rings. The van der Waals surface area contributed by atoms with Crippen molar-refractivity contribution < 1.29 is 14.1 Å². The molecule has 1 aromatic carbocycles. The number of carbonyl (C=O) groups excluding carboxylic acids is 1. The van der Waals surface area contributed by atoms with E-state index in [0.717, 1.165) is 30.1 Å². The Morgan fingerprint density at radius 1 is 1.36 bits per heavy atom. The normalized spacial score (nSPS) is 14.6. The first-order chi connectivity index (χ1) is 13.6. The third-order valence-electron chi connectivity index (χ3n) is 4.56. The Bertz CT molecular complexity index is 964. The Hall–Kier alpha value is -2.78. The number of aryl methyl sites for hydroxylation is 1. The van der Waals surface area contributed by atoms with Crippen molar-refractivity contribution in [2.24, 2.45) is 0 Å². The van der Waals surface area contributed by atoms with Crippen molar-refractivity contribution >= 4 is 22.4 Å². The van der Waals surface area contributed by atoms with Gasteiger partial charge in [-0.15, -0.1) is 11.3 Å². The lowest BCUT2D eigenvalue weighted by molar-refractivity contribution is -0.118. The quantitative estimate of drug-likeness (QED) is 0.652. The highest BCUT2D eigenvalue weighted by Gasteiger charge is 2.33. The number of para-hydroxylation sites is 1. The molecule has 0 radical (unpaired) electrons. The molecule has 1 amide bonds. The van der Waals surface area contributed by atoms with Crippen LogP contribution < -0.4 is 10.1 Å². The van der Waals surface area contributed by atoms with Gasteiger partial charge in [0, 0.05) is 30.5 Å². The first kappa shape index (κ1) is 18.6. The molecular formula is C19H21N5O3S. The van der Waals surface area contributed by atoms with E-state index in [4.69, 9.17) is 9.26 Å². The standard InChI is InChI=1S/C19H21N5O3S/c1-12-11-28-19(20-12)22-17(25)10-24-8-14(9-24)18-21-16(23-27-18)7-13-5-3-4-6-15(13)26-2/h3-6,11,14H,7-10H2,1-2H3,(H,20,22,25). The number of anilines is 1. The molecule has 1 N–H and O–H groups in total. The zero-order chi connectivity index (χ0) is 19.5. The molecule has 1 aliphatic rings. The smallest absolute Gasteiger partial charge is 0.240 e. The van der Waals surface area contributed by atoms with Gasteiger partial charge in [-0.2, -0.15) is 4.98 Å². The first-order valence-corrected chi connectivity index (χ1v) is 9.87. The summed E-state index contributed by atoms with van der Waals surface area (Å²) in [6, 6.07) is 7.79. The van der Waals surface area contributed by atoms with Gasteiger partial charge in [0.15, 0.2) is 11.0 Å². The summed E-state index contributed by atoms with van der Waals surface area (Å²) in [5.74, 6) is 2.17. The Labute approximate surface area is 166 Å². The number of methoxy groups -OCH3 is 1. The van der Waals surface area contributed by atoms with E-state index in [-0.39, 0.29) is 11.8 Å². The van der Waals surface area contributed by atoms with Gasteiger partial charge in [0.05, 0.1) is 25.3 Å². The van der Waals surface area contributed by atoms with E-state index in [1.807, 2.05) is 41.5 Å². The Morgan fingerprint density at radius 2 is 2.18 bits per heavy atom. The summed E-state index contributed by atoms with van der Waals surface area (Å²) in [5, 5.41) is 9.46. The summed E-state index contributed by atoms with van der Waals surface area (Å²) in [4.78, 5) is 22.9. The fraction of sp³-hybridized carbons (Fsp3) is 0.368. The van der Waals surface area contributed by atoms with Crippen molar-refractivity contribution in [1.29, 1.82) is 0 Å². The van der Waals surface area contributed by atoms with Crippen molar-refractivity contribution in [3.63, 3.8) is 0 Å². The number of aromatic nitrogens is 3. The van der Waals surface area contributed by atoms with Crippen molar-refractivity contribution in [1.82, 2.24) is 20.0 Å². The largest absolute Gasteiger partial charge is 0.496 e. The molecule has 0 saturated carbocycles. The van der Waals surface area contributed by atoms with E-state index in [1.165, 1.54) is 11.3 Å². The van der Waals surface area contributed by atoms with Gasteiger partial charge in [0.1, 0.15) is 5.75 Å². The van der Waals surface area contributed by atoms with Crippen LogP contribution in [0.1, 0.15) is 28.9 Å². The molecule has 1 aliphatic heterocycles. The summed E-state index contributed by atoms with van der Waals surface area (Å²) in [5.41, 5.74) is 1.92. The molecule has 9 heteroatoms. The van der Waals surface area contributed by atoms with E-state index in [1.54, 1.807) is 7.11 Å². The van der Waals surface area contributed by atoms with Crippen LogP contribution in [-0.2, 0) is 11.2 Å². The second-order valence-corrected chi connectivity index (χ2v) is 7.63. The van der Waals surface area contributed by atoms with Crippen LogP contribution in [0.4, 0.5) is 5.13 Å². The van der Waals surface area contributed by atoms with Gasteiger partial charge in [-0.25, -0.2) is 4.98 Å². The Balaban J connectivity index is 1.27. The van der Waals surface area contributed by atoms with E-state index in [0.29, 0.717) is 29.8 Å². The van der Waals surface area contributed by atoms with E-state index >= 15 is 0 Å². The number of hydrogen-bond donors (Lipinski definition) is 1. The zero-order valence-corrected chi connectivity index (χ0v) is 16.5. The lowest BCUT2D eigenvalue weighted by Crippen LogP contribution is -2.48. The molecule has 28 heavy (non-hydrogen) atoms. The second-order valence-electron chi connectivity index (χ2n) is 6.77. The van der Waals surface area contributed by atoms with Gasteiger partial charge in [-0.05, 0) is 13.0 Å². The predicted molar refractivity (Wildman–Crippen MR) is 105 cm³/mol. The van der Waals surface area contributed by atoms with Crippen LogP contribution in [0.25, 0.3) is 0 Å². The van der Waals surface area contributed by atoms with Crippen molar-refractivity contribution in [3.05, 3.63) is 52.6 Å². The molecule has 0 aliphatic carbocycles. The zero-order valence-electron chi connectivity index (χ0n) is 15.7. The third kappa shape index (κ3) is 4.20. The van der Waals surface area contributed by atoms with Crippen LogP contribution in [0.5, 0.6) is 5.75 Å². The average Bonchev–Trinajstić information content (AvgIpc) is 3.27. The number of ether oxygens (including phenoxy) is 1. The maximum absolute atomic E-state index is 12.1. The maximum Gasteiger partial charge on any atom is 0.240 e. The highest BCUT2D eigenvalue weighted by Crippen LogP contribution is 2.27. The minimum absolute atomic E-state index is 0.0600. The third-order valence-corrected chi connectivity index (χ3v) is 5.44. The fourth-order valence-electron chi connectivity index (χ4n) is 3.15. The fourth-order valence-corrected chi connectivity index (χ4v) is 3.86. The minimum Gasteiger partial charge on any atom is -0.496 e. The first-order valence-electron chi connectivity index (χ1n) is 8.99. The number of hydrogen-bond acceptors (Lipinski definition) is 8. The SMILES string of the molecule is COc1ccccc1Cc1noc(C2CN(CC(=O)Nc3nc(C)cs3)C2)n1. The van der Waals surface area contributed by atoms with Gasteiger partial charge in [-0.3, -0.25) is 9.69 Å². The van der Waals surface area contributed by atoms with Crippen molar-refractivity contribution in [2.45, 2.75) is 19.3 Å². The lowest BCUT2D eigenvalue weighted by Gasteiger charge is -2.36. The molecule has 1 saturated heterocycles. The molecule has 8 nitrogen and oxygen atoms in total. The molecule has 4 rings (SSSR count). The van der Waals surface area contributed by atoms with Crippen LogP contribution >= 0.6 is 11.3 Å². The monoisotopic (exact) mass is 399 g/mol. The Kier molecular flexibility index (Phi) is 5.36. The van der Waals surface area contributed by atoms with Gasteiger partial charge in [0.2, 0.25) is 11.8 Å². The number of nitrogens with zero attached hydrogens (tertiary/aromatic N) is 4. The van der Waals surface area contributed by atoms with Crippen LogP contribution in [0.15, 0.2) is 34.2 Å². The topological polar surface area (TPSA) is 93.4 Å². The summed E-state index contributed by atoms with van der Waals surface area (Å²) in [7, 11) is 1.65. The summed E-state index contributed by atoms with van der Waals surface area (Å²) in [6.45, 7) is 3.68. The summed E-state index contributed by atoms with van der Waals surface area (Å²) >= 11 is 1.43. The number of likely N-dealkylation sites (tertiary alicyclic amines) is 1. The average molecular weight is 399 g/mol. The molecule has 146 valence electrons. The van der Waals surface area contributed by atoms with Crippen molar-refractivity contribution in [3.8, 4) is 5.75 Å². The van der Waals surface area contributed by atoms with E-state index in [9.17, 15) is 4.79 Å². The van der Waals surface area contributed by atoms with Crippen LogP contribution in [0.3, 0.4) is 0 Å². The van der Waals surface area contributed by atoms with Crippen LogP contribution in [-0.4, -0.2) is 52.7 Å². The molecule has 0 spiro atoms. The maximum atomic E-state index is 12.1. The van der Waals surface area contributed by atoms with Gasteiger partial charge in [0.25, 0.3) is 0 Å². The van der Waals surface area contributed by atoms with Gasteiger partial charge in [-0.1, -0.05) is 23.4 Å². The molecule has 0 bridgehead atoms. The molecule has 3 aromatic rings. The summed E-state index contributed by atoms with van der Waals surface area (Å²) < 4.78 is 10.8. The highest BCUT2D eigenvalue weighted by molar-refractivity contribution is 7.13. The van der Waals surface area contributed by atoms with Crippen molar-refractivity contribution in [2.75, 3.05) is 32.1 Å². The highest BCUT2D eigenvalue weighted by atomic mass is 32.1. The summed E-state index contributed by atoms with van der Waals surface area (Å²) in [6.07, 6.45) is 0.555. The minimum atomic E-state index is -0.0600. The number of benzene rings is 1. The molecule has 0 atom stereocenters. The van der Waals surface area contributed by atoms with Crippen LogP contribution in [0.2, 0.25) is 0 Å². The second kappa shape index (κ2) is 8.07. The van der Waals surface area contributed by atoms with E-state index in [2.05, 4.69) is 20.4 Å². The molecule has 0 unspecified atom stereocenters.